The zero-order valence-corrected chi connectivity index (χ0v) is 48.6. The molecule has 14 heteroatoms. The molecule has 0 aromatic rings. The molecule has 0 saturated carbocycles. The Morgan fingerprint density at radius 2 is 0.885 bits per heavy atom. The second-order valence-corrected chi connectivity index (χ2v) is 21.8. The van der Waals surface area contributed by atoms with E-state index in [4.69, 9.17) is 18.9 Å². The van der Waals surface area contributed by atoms with E-state index in [1.54, 1.807) is 6.08 Å². The predicted molar refractivity (Wildman–Crippen MR) is 313 cm³/mol. The van der Waals surface area contributed by atoms with Gasteiger partial charge < -0.3 is 65.1 Å². The van der Waals surface area contributed by atoms with E-state index in [-0.39, 0.29) is 18.9 Å². The molecule has 0 bridgehead atoms. The number of carbonyl (C=O) groups is 1. The second-order valence-electron chi connectivity index (χ2n) is 21.8. The maximum atomic E-state index is 13.2. The van der Waals surface area contributed by atoms with E-state index in [1.165, 1.54) is 135 Å². The zero-order chi connectivity index (χ0) is 56.7. The van der Waals surface area contributed by atoms with Crippen LogP contribution in [0.2, 0.25) is 0 Å². The van der Waals surface area contributed by atoms with Crippen molar-refractivity contribution < 1.29 is 64.6 Å². The molecular formula is C64H113NO13. The molecule has 2 fully saturated rings. The van der Waals surface area contributed by atoms with Gasteiger partial charge in [-0.3, -0.25) is 4.79 Å². The molecule has 0 aromatic heterocycles. The summed E-state index contributed by atoms with van der Waals surface area (Å²) in [5, 5.41) is 86.9. The van der Waals surface area contributed by atoms with Crippen molar-refractivity contribution in [2.45, 2.75) is 306 Å². The van der Waals surface area contributed by atoms with Crippen LogP contribution < -0.4 is 5.32 Å². The summed E-state index contributed by atoms with van der Waals surface area (Å²) < 4.78 is 22.7. The van der Waals surface area contributed by atoms with Gasteiger partial charge >= 0.3 is 0 Å². The lowest BCUT2D eigenvalue weighted by Crippen LogP contribution is -2.65. The zero-order valence-electron chi connectivity index (χ0n) is 48.6. The molecule has 0 radical (unpaired) electrons. The number of unbranched alkanes of at least 4 members (excludes halogenated alkanes) is 26. The molecule has 0 spiro atoms. The monoisotopic (exact) mass is 1100 g/mol. The first-order chi connectivity index (χ1) is 38.1. The first-order valence-corrected chi connectivity index (χ1v) is 31.2. The lowest BCUT2D eigenvalue weighted by molar-refractivity contribution is -0.359. The van der Waals surface area contributed by atoms with Gasteiger partial charge in [0.1, 0.15) is 48.8 Å². The number of rotatable bonds is 49. The van der Waals surface area contributed by atoms with Crippen molar-refractivity contribution in [1.29, 1.82) is 0 Å². The van der Waals surface area contributed by atoms with Gasteiger partial charge in [0.25, 0.3) is 0 Å². The standard InChI is InChI=1S/C64H113NO13/c1-3-5-7-9-11-13-15-16-17-18-19-20-21-22-23-24-25-26-27-28-29-30-31-32-33-34-35-36-38-40-42-44-46-48-56(69)65-52(53(68)47-45-43-41-39-37-14-12-10-8-6-4-2)51-75-63-61(74)59(72)62(55(50-67)77-63)78-64-60(73)58(71)57(70)54(49-66)76-64/h8,10,15-16,18-19,21-22,37,39,45,47,52-55,57-64,66-68,70-74H,3-7,9,11-14,17,20,23-36,38,40-44,46,48-51H2,1-2H3,(H,65,69)/b10-8+,16-15-,19-18-,22-21-,39-37+,47-45+. The molecule has 78 heavy (non-hydrogen) atoms. The molecule has 2 saturated heterocycles. The predicted octanol–water partition coefficient (Wildman–Crippen LogP) is 11.1. The third-order valence-corrected chi connectivity index (χ3v) is 14.8. The molecule has 2 aliphatic heterocycles. The fraction of sp³-hybridized carbons (Fsp3) is 0.797. The maximum absolute atomic E-state index is 13.2. The van der Waals surface area contributed by atoms with Crippen LogP contribution >= 0.6 is 0 Å². The minimum atomic E-state index is -1.79. The minimum Gasteiger partial charge on any atom is -0.394 e. The van der Waals surface area contributed by atoms with Crippen LogP contribution in [0, 0.1) is 0 Å². The molecular weight excluding hydrogens is 991 g/mol. The fourth-order valence-electron chi connectivity index (χ4n) is 9.81. The normalized spacial score (nSPS) is 25.1. The fourth-order valence-corrected chi connectivity index (χ4v) is 9.81. The number of nitrogens with one attached hydrogen (secondary N) is 1. The first-order valence-electron chi connectivity index (χ1n) is 31.2. The highest BCUT2D eigenvalue weighted by Gasteiger charge is 2.51. The van der Waals surface area contributed by atoms with E-state index in [1.807, 2.05) is 6.08 Å². The van der Waals surface area contributed by atoms with E-state index in [0.29, 0.717) is 12.8 Å². The van der Waals surface area contributed by atoms with Crippen molar-refractivity contribution in [3.05, 3.63) is 72.9 Å². The number of aliphatic hydroxyl groups excluding tert-OH is 8. The summed E-state index contributed by atoms with van der Waals surface area (Å²) in [5.41, 5.74) is 0. The van der Waals surface area contributed by atoms with Crippen LogP contribution in [-0.2, 0) is 23.7 Å². The van der Waals surface area contributed by atoms with Crippen LogP contribution in [0.4, 0.5) is 0 Å². The molecule has 14 nitrogen and oxygen atoms in total. The Morgan fingerprint density at radius 3 is 1.38 bits per heavy atom. The summed E-state index contributed by atoms with van der Waals surface area (Å²) in [6.07, 6.45) is 48.4. The van der Waals surface area contributed by atoms with Gasteiger partial charge in [0.05, 0.1) is 32.0 Å². The Hall–Kier alpha value is -2.57. The SMILES string of the molecule is CCC/C=C/CC/C=C/CC/C=C/C(O)C(COC1OC(CO)C(OC2OC(CO)C(O)C(O)C2O)C(O)C1O)NC(=O)CCCCCCCCCCCCCCCCCCCC/C=C\C/C=C\C/C=C\CCCCCCC. The smallest absolute Gasteiger partial charge is 0.220 e. The number of hydrogen-bond donors (Lipinski definition) is 9. The Labute approximate surface area is 472 Å². The molecule has 2 rings (SSSR count). The summed E-state index contributed by atoms with van der Waals surface area (Å²) in [6, 6.07) is -0.938. The molecule has 452 valence electrons. The van der Waals surface area contributed by atoms with Crippen LogP contribution in [-0.4, -0.2) is 140 Å². The van der Waals surface area contributed by atoms with Crippen molar-refractivity contribution in [1.82, 2.24) is 5.32 Å². The lowest BCUT2D eigenvalue weighted by Gasteiger charge is -2.46. The lowest BCUT2D eigenvalue weighted by atomic mass is 9.97. The van der Waals surface area contributed by atoms with E-state index >= 15 is 0 Å². The number of amides is 1. The summed E-state index contributed by atoms with van der Waals surface area (Å²) in [7, 11) is 0. The third kappa shape index (κ3) is 34.0. The molecule has 0 aromatic carbocycles. The number of aliphatic hydroxyl groups is 8. The van der Waals surface area contributed by atoms with Crippen LogP contribution in [0.25, 0.3) is 0 Å². The van der Waals surface area contributed by atoms with E-state index < -0.39 is 86.8 Å². The van der Waals surface area contributed by atoms with Crippen LogP contribution in [0.1, 0.15) is 232 Å². The van der Waals surface area contributed by atoms with Gasteiger partial charge in [-0.25, -0.2) is 0 Å². The highest BCUT2D eigenvalue weighted by atomic mass is 16.7. The molecule has 2 heterocycles. The van der Waals surface area contributed by atoms with E-state index in [9.17, 15) is 45.6 Å². The van der Waals surface area contributed by atoms with E-state index in [2.05, 4.69) is 79.9 Å². The number of allylic oxidation sites excluding steroid dienone is 11. The molecule has 0 aliphatic carbocycles. The van der Waals surface area contributed by atoms with Crippen molar-refractivity contribution in [3.63, 3.8) is 0 Å². The Morgan fingerprint density at radius 1 is 0.462 bits per heavy atom. The summed E-state index contributed by atoms with van der Waals surface area (Å²) in [5.74, 6) is -0.256. The van der Waals surface area contributed by atoms with Crippen molar-refractivity contribution in [2.24, 2.45) is 0 Å². The first kappa shape index (κ1) is 71.5. The second kappa shape index (κ2) is 49.1. The number of ether oxygens (including phenoxy) is 4. The van der Waals surface area contributed by atoms with Gasteiger partial charge in [-0.2, -0.15) is 0 Å². The van der Waals surface area contributed by atoms with Gasteiger partial charge in [-0.15, -0.1) is 0 Å². The van der Waals surface area contributed by atoms with Crippen LogP contribution in [0.3, 0.4) is 0 Å². The molecule has 9 N–H and O–H groups in total. The van der Waals surface area contributed by atoms with Gasteiger partial charge in [-0.05, 0) is 77.0 Å². The van der Waals surface area contributed by atoms with Gasteiger partial charge in [0.15, 0.2) is 12.6 Å². The van der Waals surface area contributed by atoms with Crippen molar-refractivity contribution in [2.75, 3.05) is 19.8 Å². The summed E-state index contributed by atoms with van der Waals surface area (Å²) in [4.78, 5) is 13.2. The quantitative estimate of drug-likeness (QED) is 0.0204. The van der Waals surface area contributed by atoms with Gasteiger partial charge in [0, 0.05) is 6.42 Å². The average molecular weight is 1100 g/mol. The van der Waals surface area contributed by atoms with Gasteiger partial charge in [-0.1, -0.05) is 222 Å². The number of hydrogen-bond acceptors (Lipinski definition) is 13. The molecule has 2 aliphatic rings. The topological polar surface area (TPSA) is 228 Å². The highest BCUT2D eigenvalue weighted by molar-refractivity contribution is 5.76. The summed E-state index contributed by atoms with van der Waals surface area (Å²) >= 11 is 0. The van der Waals surface area contributed by atoms with Crippen LogP contribution in [0.15, 0.2) is 72.9 Å². The highest BCUT2D eigenvalue weighted by Crippen LogP contribution is 2.30. The Balaban J connectivity index is 1.62. The van der Waals surface area contributed by atoms with E-state index in [0.717, 1.165) is 64.2 Å². The largest absolute Gasteiger partial charge is 0.394 e. The maximum Gasteiger partial charge on any atom is 0.220 e. The average Bonchev–Trinajstić information content (AvgIpc) is 3.45. The Kier molecular flexibility index (Phi) is 45.0. The minimum absolute atomic E-state index is 0.256. The number of carbonyl (C=O) groups excluding carboxylic acids is 1. The molecule has 12 atom stereocenters. The third-order valence-electron chi connectivity index (χ3n) is 14.8. The summed E-state index contributed by atoms with van der Waals surface area (Å²) in [6.45, 7) is 2.67. The van der Waals surface area contributed by atoms with Crippen molar-refractivity contribution in [3.8, 4) is 0 Å². The van der Waals surface area contributed by atoms with Gasteiger partial charge in [0.2, 0.25) is 5.91 Å². The molecule has 1 amide bonds. The van der Waals surface area contributed by atoms with Crippen molar-refractivity contribution >= 4 is 5.91 Å². The van der Waals surface area contributed by atoms with Crippen LogP contribution in [0.5, 0.6) is 0 Å². The Bertz CT molecular complexity index is 1580. The molecule has 12 unspecified atom stereocenters.